The summed E-state index contributed by atoms with van der Waals surface area (Å²) in [7, 11) is 0. The summed E-state index contributed by atoms with van der Waals surface area (Å²) in [6, 6.07) is 18.0. The fourth-order valence-corrected chi connectivity index (χ4v) is 3.79. The summed E-state index contributed by atoms with van der Waals surface area (Å²) < 4.78 is 3.83. The molecule has 1 N–H and O–H groups in total. The second kappa shape index (κ2) is 8.59. The summed E-state index contributed by atoms with van der Waals surface area (Å²) in [4.78, 5) is 12.5. The number of rotatable bonds is 6. The maximum atomic E-state index is 12.5. The molecule has 0 saturated carbocycles. The molecule has 0 bridgehead atoms. The Morgan fingerprint density at radius 1 is 0.967 bits per heavy atom. The number of amides is 1. The Morgan fingerprint density at radius 2 is 1.70 bits per heavy atom. The van der Waals surface area contributed by atoms with Gasteiger partial charge in [0, 0.05) is 23.6 Å². The monoisotopic (exact) mass is 417 g/mol. The predicted octanol–water partition coefficient (Wildman–Crippen LogP) is 4.71. The number of aryl methyl sites for hydroxylation is 3. The van der Waals surface area contributed by atoms with Gasteiger partial charge in [0.25, 0.3) is 0 Å². The number of thioether (sulfide) groups is 1. The minimum Gasteiger partial charge on any atom is -0.325 e. The Morgan fingerprint density at radius 3 is 2.40 bits per heavy atom. The first-order chi connectivity index (χ1) is 14.5. The first-order valence-electron chi connectivity index (χ1n) is 9.67. The molecule has 0 unspecified atom stereocenters. The lowest BCUT2D eigenvalue weighted by Gasteiger charge is -2.11. The third kappa shape index (κ3) is 4.31. The fourth-order valence-electron chi connectivity index (χ4n) is 3.05. The van der Waals surface area contributed by atoms with E-state index in [4.69, 9.17) is 0 Å². The van der Waals surface area contributed by atoms with Crippen LogP contribution in [0.25, 0.3) is 11.4 Å². The van der Waals surface area contributed by atoms with E-state index in [1.807, 2.05) is 83.3 Å². The van der Waals surface area contributed by atoms with Crippen LogP contribution in [-0.4, -0.2) is 31.2 Å². The SMILES string of the molecule is Cc1ccc(-c2nnc(SCC(=O)Nc3ccc(C)c(C)c3)n2-n2cccc2)cc1. The third-order valence-electron chi connectivity index (χ3n) is 4.86. The Kier molecular flexibility index (Phi) is 5.72. The molecule has 0 aliphatic rings. The van der Waals surface area contributed by atoms with E-state index < -0.39 is 0 Å². The van der Waals surface area contributed by atoms with Crippen molar-refractivity contribution in [1.29, 1.82) is 0 Å². The second-order valence-electron chi connectivity index (χ2n) is 7.18. The van der Waals surface area contributed by atoms with Gasteiger partial charge in [-0.15, -0.1) is 10.2 Å². The third-order valence-corrected chi connectivity index (χ3v) is 5.78. The zero-order chi connectivity index (χ0) is 21.1. The van der Waals surface area contributed by atoms with E-state index in [0.717, 1.165) is 22.6 Å². The van der Waals surface area contributed by atoms with Gasteiger partial charge in [-0.05, 0) is 56.2 Å². The quantitative estimate of drug-likeness (QED) is 0.461. The number of carbonyl (C=O) groups is 1. The summed E-state index contributed by atoms with van der Waals surface area (Å²) in [5.41, 5.74) is 5.30. The molecule has 2 aromatic carbocycles. The lowest BCUT2D eigenvalue weighted by atomic mass is 10.1. The average Bonchev–Trinajstić information content (AvgIpc) is 3.39. The van der Waals surface area contributed by atoms with Gasteiger partial charge in [0.1, 0.15) is 0 Å². The predicted molar refractivity (Wildman–Crippen MR) is 121 cm³/mol. The Balaban J connectivity index is 1.54. The number of nitrogens with one attached hydrogen (secondary N) is 1. The molecule has 0 aliphatic heterocycles. The van der Waals surface area contributed by atoms with Crippen molar-refractivity contribution >= 4 is 23.4 Å². The number of carbonyl (C=O) groups excluding carboxylic acids is 1. The largest absolute Gasteiger partial charge is 0.325 e. The summed E-state index contributed by atoms with van der Waals surface area (Å²) in [6.45, 7) is 6.14. The molecular weight excluding hydrogens is 394 g/mol. The van der Waals surface area contributed by atoms with Crippen LogP contribution in [0.1, 0.15) is 16.7 Å². The van der Waals surface area contributed by atoms with Crippen LogP contribution >= 0.6 is 11.8 Å². The first-order valence-corrected chi connectivity index (χ1v) is 10.7. The zero-order valence-corrected chi connectivity index (χ0v) is 18.0. The molecule has 0 fully saturated rings. The molecular formula is C23H23N5OS. The molecule has 7 heteroatoms. The van der Waals surface area contributed by atoms with Gasteiger partial charge in [-0.25, -0.2) is 4.68 Å². The fraction of sp³-hybridized carbons (Fsp3) is 0.174. The van der Waals surface area contributed by atoms with Crippen molar-refractivity contribution in [2.45, 2.75) is 25.9 Å². The van der Waals surface area contributed by atoms with Gasteiger partial charge in [-0.3, -0.25) is 9.47 Å². The molecule has 0 aliphatic carbocycles. The molecule has 2 heterocycles. The van der Waals surface area contributed by atoms with Crippen molar-refractivity contribution < 1.29 is 4.79 Å². The molecule has 0 atom stereocenters. The van der Waals surface area contributed by atoms with Crippen LogP contribution in [0.4, 0.5) is 5.69 Å². The zero-order valence-electron chi connectivity index (χ0n) is 17.2. The van der Waals surface area contributed by atoms with Gasteiger partial charge >= 0.3 is 0 Å². The minimum absolute atomic E-state index is 0.0813. The van der Waals surface area contributed by atoms with E-state index in [2.05, 4.69) is 29.4 Å². The van der Waals surface area contributed by atoms with Gasteiger partial charge in [-0.1, -0.05) is 47.7 Å². The lowest BCUT2D eigenvalue weighted by Crippen LogP contribution is -2.16. The summed E-state index contributed by atoms with van der Waals surface area (Å²) >= 11 is 1.36. The molecule has 4 aromatic rings. The highest BCUT2D eigenvalue weighted by Crippen LogP contribution is 2.25. The van der Waals surface area contributed by atoms with Crippen molar-refractivity contribution in [2.75, 3.05) is 11.1 Å². The number of hydrogen-bond acceptors (Lipinski definition) is 4. The molecule has 4 rings (SSSR count). The molecule has 0 spiro atoms. The number of hydrogen-bond donors (Lipinski definition) is 1. The van der Waals surface area contributed by atoms with Crippen LogP contribution in [-0.2, 0) is 4.79 Å². The van der Waals surface area contributed by atoms with E-state index in [-0.39, 0.29) is 11.7 Å². The highest BCUT2D eigenvalue weighted by Gasteiger charge is 2.17. The van der Waals surface area contributed by atoms with E-state index in [0.29, 0.717) is 5.16 Å². The van der Waals surface area contributed by atoms with Crippen molar-refractivity contribution in [3.8, 4) is 11.4 Å². The van der Waals surface area contributed by atoms with Crippen molar-refractivity contribution in [3.05, 3.63) is 83.7 Å². The lowest BCUT2D eigenvalue weighted by molar-refractivity contribution is -0.113. The highest BCUT2D eigenvalue weighted by atomic mass is 32.2. The second-order valence-corrected chi connectivity index (χ2v) is 8.13. The van der Waals surface area contributed by atoms with Crippen LogP contribution in [0, 0.1) is 20.8 Å². The molecule has 1 amide bonds. The maximum Gasteiger partial charge on any atom is 0.234 e. The minimum atomic E-state index is -0.0813. The molecule has 6 nitrogen and oxygen atoms in total. The molecule has 2 aromatic heterocycles. The van der Waals surface area contributed by atoms with E-state index in [9.17, 15) is 4.79 Å². The smallest absolute Gasteiger partial charge is 0.234 e. The van der Waals surface area contributed by atoms with Crippen LogP contribution in [0.3, 0.4) is 0 Å². The highest BCUT2D eigenvalue weighted by molar-refractivity contribution is 7.99. The van der Waals surface area contributed by atoms with Crippen molar-refractivity contribution in [2.24, 2.45) is 0 Å². The van der Waals surface area contributed by atoms with Gasteiger partial charge in [0.2, 0.25) is 11.1 Å². The number of aromatic nitrogens is 4. The van der Waals surface area contributed by atoms with E-state index >= 15 is 0 Å². The van der Waals surface area contributed by atoms with Crippen molar-refractivity contribution in [3.63, 3.8) is 0 Å². The number of nitrogens with zero attached hydrogens (tertiary/aromatic N) is 4. The number of benzene rings is 2. The normalized spacial score (nSPS) is 10.9. The summed E-state index contributed by atoms with van der Waals surface area (Å²) in [5, 5.41) is 12.4. The average molecular weight is 418 g/mol. The molecule has 30 heavy (non-hydrogen) atoms. The van der Waals surface area contributed by atoms with E-state index in [1.165, 1.54) is 22.9 Å². The standard InChI is InChI=1S/C23H23N5OS/c1-16-6-9-19(10-7-16)22-25-26-23(28(22)27-12-4-5-13-27)30-15-21(29)24-20-11-8-17(2)18(3)14-20/h4-14H,15H2,1-3H3,(H,24,29). The van der Waals surface area contributed by atoms with Crippen LogP contribution < -0.4 is 5.32 Å². The Hall–Kier alpha value is -3.32. The summed E-state index contributed by atoms with van der Waals surface area (Å²) in [5.74, 6) is 0.880. The number of anilines is 1. The summed E-state index contributed by atoms with van der Waals surface area (Å²) in [6.07, 6.45) is 3.86. The Bertz CT molecular complexity index is 1160. The van der Waals surface area contributed by atoms with Crippen LogP contribution in [0.2, 0.25) is 0 Å². The first kappa shape index (κ1) is 20.0. The molecule has 0 radical (unpaired) electrons. The Labute approximate surface area is 179 Å². The van der Waals surface area contributed by atoms with Gasteiger partial charge in [-0.2, -0.15) is 0 Å². The molecule has 0 saturated heterocycles. The van der Waals surface area contributed by atoms with E-state index in [1.54, 1.807) is 0 Å². The molecule has 152 valence electrons. The van der Waals surface area contributed by atoms with Gasteiger partial charge < -0.3 is 5.32 Å². The van der Waals surface area contributed by atoms with Crippen LogP contribution in [0.15, 0.2) is 72.1 Å². The topological polar surface area (TPSA) is 64.7 Å². The maximum absolute atomic E-state index is 12.5. The van der Waals surface area contributed by atoms with Crippen LogP contribution in [0.5, 0.6) is 0 Å². The van der Waals surface area contributed by atoms with Gasteiger partial charge in [0.15, 0.2) is 5.82 Å². The van der Waals surface area contributed by atoms with Crippen molar-refractivity contribution in [1.82, 2.24) is 19.5 Å². The van der Waals surface area contributed by atoms with Gasteiger partial charge in [0.05, 0.1) is 5.75 Å².